The summed E-state index contributed by atoms with van der Waals surface area (Å²) in [6, 6.07) is 4.16. The van der Waals surface area contributed by atoms with Crippen LogP contribution in [0.2, 0.25) is 0 Å². The van der Waals surface area contributed by atoms with E-state index in [0.717, 1.165) is 12.8 Å². The number of amides is 1. The Balaban J connectivity index is 2.50. The minimum absolute atomic E-state index is 0.661. The Bertz CT molecular complexity index is 232. The highest BCUT2D eigenvalue weighted by Gasteiger charge is 1.95. The number of carbonyl (C=O) groups is 1. The fraction of sp³-hybridized carbons (Fsp3) is 0.375. The second-order valence-corrected chi connectivity index (χ2v) is 3.47. The minimum Gasteiger partial charge on any atom is -0.354 e. The maximum absolute atomic E-state index is 9.95. The van der Waals surface area contributed by atoms with Crippen LogP contribution >= 0.6 is 11.3 Å². The molecule has 1 rings (SSSR count). The van der Waals surface area contributed by atoms with E-state index in [9.17, 15) is 4.79 Å². The Morgan fingerprint density at radius 1 is 1.55 bits per heavy atom. The van der Waals surface area contributed by atoms with E-state index in [0.29, 0.717) is 6.54 Å². The summed E-state index contributed by atoms with van der Waals surface area (Å²) in [5.74, 6) is 0. The SMILES string of the molecule is CCc1ccc(CNC=O)s1. The topological polar surface area (TPSA) is 29.1 Å². The van der Waals surface area contributed by atoms with Gasteiger partial charge in [-0.05, 0) is 18.6 Å². The predicted octanol–water partition coefficient (Wildman–Crippen LogP) is 1.56. The molecule has 3 heteroatoms. The van der Waals surface area contributed by atoms with Crippen LogP contribution in [0.15, 0.2) is 12.1 Å². The maximum atomic E-state index is 9.95. The van der Waals surface area contributed by atoms with E-state index in [-0.39, 0.29) is 0 Å². The molecule has 0 spiro atoms. The van der Waals surface area contributed by atoms with Crippen LogP contribution in [0.3, 0.4) is 0 Å². The Morgan fingerprint density at radius 2 is 2.27 bits per heavy atom. The van der Waals surface area contributed by atoms with Gasteiger partial charge in [-0.25, -0.2) is 0 Å². The molecule has 2 nitrogen and oxygen atoms in total. The lowest BCUT2D eigenvalue weighted by atomic mass is 10.4. The number of rotatable bonds is 4. The van der Waals surface area contributed by atoms with Gasteiger partial charge in [0.2, 0.25) is 6.41 Å². The fourth-order valence-electron chi connectivity index (χ4n) is 0.850. The molecule has 0 radical (unpaired) electrons. The molecule has 0 atom stereocenters. The summed E-state index contributed by atoms with van der Waals surface area (Å²) in [6.07, 6.45) is 1.80. The van der Waals surface area contributed by atoms with Crippen molar-refractivity contribution in [2.24, 2.45) is 0 Å². The Morgan fingerprint density at radius 3 is 2.82 bits per heavy atom. The first-order chi connectivity index (χ1) is 5.36. The summed E-state index contributed by atoms with van der Waals surface area (Å²) < 4.78 is 0. The van der Waals surface area contributed by atoms with Gasteiger partial charge in [0.05, 0.1) is 6.54 Å². The molecular weight excluding hydrogens is 158 g/mol. The van der Waals surface area contributed by atoms with E-state index in [1.54, 1.807) is 11.3 Å². The van der Waals surface area contributed by atoms with Gasteiger partial charge in [0.25, 0.3) is 0 Å². The fourth-order valence-corrected chi connectivity index (χ4v) is 1.76. The van der Waals surface area contributed by atoms with Crippen molar-refractivity contribution in [1.29, 1.82) is 0 Å². The number of hydrogen-bond acceptors (Lipinski definition) is 2. The van der Waals surface area contributed by atoms with Crippen LogP contribution in [0.25, 0.3) is 0 Å². The van der Waals surface area contributed by atoms with Gasteiger partial charge in [0.15, 0.2) is 0 Å². The Kier molecular flexibility index (Phi) is 3.11. The standard InChI is InChI=1S/C8H11NOS/c1-2-7-3-4-8(11-7)5-9-6-10/h3-4,6H,2,5H2,1H3,(H,9,10). The van der Waals surface area contributed by atoms with Crippen molar-refractivity contribution in [3.8, 4) is 0 Å². The molecule has 0 aromatic carbocycles. The summed E-state index contributed by atoms with van der Waals surface area (Å²) in [7, 11) is 0. The van der Waals surface area contributed by atoms with Crippen LogP contribution < -0.4 is 5.32 Å². The Labute approximate surface area is 70.2 Å². The van der Waals surface area contributed by atoms with Crippen molar-refractivity contribution < 1.29 is 4.79 Å². The third-order valence-electron chi connectivity index (χ3n) is 1.43. The highest BCUT2D eigenvalue weighted by atomic mass is 32.1. The van der Waals surface area contributed by atoms with E-state index in [1.807, 2.05) is 0 Å². The van der Waals surface area contributed by atoms with Gasteiger partial charge in [0.1, 0.15) is 0 Å². The lowest BCUT2D eigenvalue weighted by molar-refractivity contribution is -0.109. The average molecular weight is 169 g/mol. The van der Waals surface area contributed by atoms with Crippen molar-refractivity contribution in [2.75, 3.05) is 0 Å². The first kappa shape index (κ1) is 8.27. The van der Waals surface area contributed by atoms with Gasteiger partial charge in [-0.3, -0.25) is 4.79 Å². The van der Waals surface area contributed by atoms with Gasteiger partial charge >= 0.3 is 0 Å². The molecule has 0 aliphatic heterocycles. The predicted molar refractivity (Wildman–Crippen MR) is 46.6 cm³/mol. The molecule has 0 aliphatic rings. The van der Waals surface area contributed by atoms with Crippen LogP contribution in [0.5, 0.6) is 0 Å². The van der Waals surface area contributed by atoms with Gasteiger partial charge in [-0.1, -0.05) is 6.92 Å². The van der Waals surface area contributed by atoms with E-state index >= 15 is 0 Å². The molecule has 1 aromatic rings. The second kappa shape index (κ2) is 4.13. The van der Waals surface area contributed by atoms with E-state index in [2.05, 4.69) is 24.4 Å². The quantitative estimate of drug-likeness (QED) is 0.681. The van der Waals surface area contributed by atoms with Crippen molar-refractivity contribution in [1.82, 2.24) is 5.32 Å². The summed E-state index contributed by atoms with van der Waals surface area (Å²) in [6.45, 7) is 2.79. The largest absolute Gasteiger partial charge is 0.354 e. The van der Waals surface area contributed by atoms with Gasteiger partial charge in [-0.15, -0.1) is 11.3 Å². The molecule has 0 fully saturated rings. The number of carbonyl (C=O) groups excluding carboxylic acids is 1. The third-order valence-corrected chi connectivity index (χ3v) is 2.65. The highest BCUT2D eigenvalue weighted by molar-refractivity contribution is 7.11. The van der Waals surface area contributed by atoms with Crippen LogP contribution in [0.4, 0.5) is 0 Å². The summed E-state index contributed by atoms with van der Waals surface area (Å²) in [5, 5.41) is 2.63. The molecule has 1 N–H and O–H groups in total. The lowest BCUT2D eigenvalue weighted by Gasteiger charge is -1.91. The van der Waals surface area contributed by atoms with Crippen molar-refractivity contribution >= 4 is 17.7 Å². The summed E-state index contributed by atoms with van der Waals surface area (Å²) in [4.78, 5) is 12.5. The average Bonchev–Trinajstić information content (AvgIpc) is 2.48. The molecule has 1 aromatic heterocycles. The normalized spacial score (nSPS) is 9.55. The zero-order chi connectivity index (χ0) is 8.10. The highest BCUT2D eigenvalue weighted by Crippen LogP contribution is 2.15. The smallest absolute Gasteiger partial charge is 0.207 e. The number of aryl methyl sites for hydroxylation is 1. The molecule has 0 aliphatic carbocycles. The van der Waals surface area contributed by atoms with Crippen LogP contribution in [-0.4, -0.2) is 6.41 Å². The van der Waals surface area contributed by atoms with Crippen molar-refractivity contribution in [3.05, 3.63) is 21.9 Å². The number of nitrogens with one attached hydrogen (secondary N) is 1. The van der Waals surface area contributed by atoms with Crippen LogP contribution in [0, 0.1) is 0 Å². The summed E-state index contributed by atoms with van der Waals surface area (Å²) in [5.41, 5.74) is 0. The first-order valence-corrected chi connectivity index (χ1v) is 4.43. The van der Waals surface area contributed by atoms with E-state index in [4.69, 9.17) is 0 Å². The molecule has 1 amide bonds. The molecule has 60 valence electrons. The van der Waals surface area contributed by atoms with Crippen LogP contribution in [-0.2, 0) is 17.8 Å². The lowest BCUT2D eigenvalue weighted by Crippen LogP contribution is -2.07. The zero-order valence-corrected chi connectivity index (χ0v) is 7.28. The van der Waals surface area contributed by atoms with Crippen LogP contribution in [0.1, 0.15) is 16.7 Å². The molecule has 0 unspecified atom stereocenters. The van der Waals surface area contributed by atoms with Gasteiger partial charge in [0, 0.05) is 9.75 Å². The van der Waals surface area contributed by atoms with E-state index in [1.165, 1.54) is 9.75 Å². The van der Waals surface area contributed by atoms with Crippen molar-refractivity contribution in [2.45, 2.75) is 19.9 Å². The van der Waals surface area contributed by atoms with Crippen molar-refractivity contribution in [3.63, 3.8) is 0 Å². The molecule has 0 saturated carbocycles. The molecule has 0 saturated heterocycles. The monoisotopic (exact) mass is 169 g/mol. The summed E-state index contributed by atoms with van der Waals surface area (Å²) >= 11 is 1.75. The molecule has 1 heterocycles. The number of hydrogen-bond donors (Lipinski definition) is 1. The Hall–Kier alpha value is -0.830. The zero-order valence-electron chi connectivity index (χ0n) is 6.46. The van der Waals surface area contributed by atoms with Gasteiger partial charge in [-0.2, -0.15) is 0 Å². The second-order valence-electron chi connectivity index (χ2n) is 2.22. The molecule has 11 heavy (non-hydrogen) atoms. The van der Waals surface area contributed by atoms with Gasteiger partial charge < -0.3 is 5.32 Å². The first-order valence-electron chi connectivity index (χ1n) is 3.61. The molecular formula is C8H11NOS. The third kappa shape index (κ3) is 2.35. The number of thiophene rings is 1. The maximum Gasteiger partial charge on any atom is 0.207 e. The molecule has 0 bridgehead atoms. The van der Waals surface area contributed by atoms with E-state index < -0.39 is 0 Å². The minimum atomic E-state index is 0.661.